The molecule has 1 unspecified atom stereocenters. The fraction of sp³-hybridized carbons (Fsp3) is 0.294. The Morgan fingerprint density at radius 3 is 2.57 bits per heavy atom. The Kier molecular flexibility index (Phi) is 5.63. The Morgan fingerprint density at radius 2 is 1.90 bits per heavy atom. The van der Waals surface area contributed by atoms with Gasteiger partial charge in [-0.15, -0.1) is 0 Å². The van der Waals surface area contributed by atoms with Crippen LogP contribution in [-0.4, -0.2) is 6.54 Å². The molecular formula is C17H18ClFIN. The smallest absolute Gasteiger partial charge is 0.127 e. The van der Waals surface area contributed by atoms with E-state index in [1.54, 1.807) is 6.92 Å². The van der Waals surface area contributed by atoms with Gasteiger partial charge in [0, 0.05) is 8.59 Å². The van der Waals surface area contributed by atoms with Gasteiger partial charge in [0.2, 0.25) is 0 Å². The van der Waals surface area contributed by atoms with Crippen LogP contribution >= 0.6 is 34.2 Å². The molecule has 21 heavy (non-hydrogen) atoms. The number of halogens is 3. The van der Waals surface area contributed by atoms with Gasteiger partial charge in [0.15, 0.2) is 0 Å². The van der Waals surface area contributed by atoms with E-state index in [1.807, 2.05) is 12.1 Å². The molecule has 1 atom stereocenters. The molecule has 0 aliphatic heterocycles. The van der Waals surface area contributed by atoms with Crippen molar-refractivity contribution in [3.8, 4) is 0 Å². The quantitative estimate of drug-likeness (QED) is 0.657. The maximum atomic E-state index is 13.6. The van der Waals surface area contributed by atoms with Gasteiger partial charge in [0.25, 0.3) is 0 Å². The molecule has 112 valence electrons. The molecule has 0 amide bonds. The van der Waals surface area contributed by atoms with E-state index < -0.39 is 0 Å². The van der Waals surface area contributed by atoms with Crippen molar-refractivity contribution in [2.75, 3.05) is 6.54 Å². The van der Waals surface area contributed by atoms with Crippen LogP contribution in [0.2, 0.25) is 5.02 Å². The summed E-state index contributed by atoms with van der Waals surface area (Å²) in [6.45, 7) is 6.71. The molecule has 0 saturated heterocycles. The molecule has 4 heteroatoms. The molecule has 0 aliphatic carbocycles. The second-order valence-electron chi connectivity index (χ2n) is 5.09. The van der Waals surface area contributed by atoms with Crippen LogP contribution in [0.5, 0.6) is 0 Å². The normalized spacial score (nSPS) is 12.5. The minimum absolute atomic E-state index is 0.0337. The number of hydrogen-bond acceptors (Lipinski definition) is 1. The summed E-state index contributed by atoms with van der Waals surface area (Å²) in [5.41, 5.74) is 3.93. The van der Waals surface area contributed by atoms with Crippen LogP contribution in [0.3, 0.4) is 0 Å². The van der Waals surface area contributed by atoms with Crippen LogP contribution in [0.4, 0.5) is 4.39 Å². The van der Waals surface area contributed by atoms with E-state index in [-0.39, 0.29) is 11.9 Å². The highest BCUT2D eigenvalue weighted by Crippen LogP contribution is 2.33. The van der Waals surface area contributed by atoms with Crippen molar-refractivity contribution < 1.29 is 4.39 Å². The third-order valence-corrected chi connectivity index (χ3v) is 5.33. The van der Waals surface area contributed by atoms with Crippen molar-refractivity contribution >= 4 is 34.2 Å². The first-order valence-electron chi connectivity index (χ1n) is 6.89. The Labute approximate surface area is 144 Å². The van der Waals surface area contributed by atoms with Crippen molar-refractivity contribution in [3.05, 3.63) is 67.0 Å². The molecule has 2 rings (SSSR count). The number of benzene rings is 2. The molecule has 0 radical (unpaired) electrons. The maximum absolute atomic E-state index is 13.6. The van der Waals surface area contributed by atoms with E-state index in [1.165, 1.54) is 20.8 Å². The molecule has 2 aromatic rings. The topological polar surface area (TPSA) is 12.0 Å². The third kappa shape index (κ3) is 3.58. The zero-order valence-electron chi connectivity index (χ0n) is 12.3. The molecule has 0 spiro atoms. The van der Waals surface area contributed by atoms with Crippen molar-refractivity contribution in [1.29, 1.82) is 0 Å². The summed E-state index contributed by atoms with van der Waals surface area (Å²) in [6, 6.07) is 9.43. The molecule has 2 aromatic carbocycles. The van der Waals surface area contributed by atoms with E-state index in [2.05, 4.69) is 53.9 Å². The molecule has 1 N–H and O–H groups in total. The average molecular weight is 418 g/mol. The lowest BCUT2D eigenvalue weighted by Crippen LogP contribution is -2.23. The highest BCUT2D eigenvalue weighted by atomic mass is 127. The predicted molar refractivity (Wildman–Crippen MR) is 95.6 cm³/mol. The summed E-state index contributed by atoms with van der Waals surface area (Å²) in [5, 5.41) is 3.92. The average Bonchev–Trinajstić information content (AvgIpc) is 2.44. The maximum Gasteiger partial charge on any atom is 0.127 e. The van der Waals surface area contributed by atoms with E-state index in [0.29, 0.717) is 10.6 Å². The molecule has 0 fully saturated rings. The Bertz CT molecular complexity index is 657. The van der Waals surface area contributed by atoms with Gasteiger partial charge in [-0.25, -0.2) is 4.39 Å². The first-order chi connectivity index (χ1) is 9.95. The molecule has 0 aliphatic rings. The highest BCUT2D eigenvalue weighted by Gasteiger charge is 2.20. The number of nitrogens with one attached hydrogen (secondary N) is 1. The first kappa shape index (κ1) is 16.7. The molecular weight excluding hydrogens is 400 g/mol. The zero-order chi connectivity index (χ0) is 15.6. The van der Waals surface area contributed by atoms with E-state index in [9.17, 15) is 4.39 Å². The number of aryl methyl sites for hydroxylation is 2. The molecule has 0 saturated carbocycles. The Balaban J connectivity index is 2.59. The van der Waals surface area contributed by atoms with Crippen molar-refractivity contribution in [3.63, 3.8) is 0 Å². The van der Waals surface area contributed by atoms with Gasteiger partial charge in [-0.2, -0.15) is 0 Å². The van der Waals surface area contributed by atoms with Crippen molar-refractivity contribution in [2.45, 2.75) is 26.8 Å². The fourth-order valence-electron chi connectivity index (χ4n) is 2.39. The summed E-state index contributed by atoms with van der Waals surface area (Å²) in [6.07, 6.45) is 0. The number of hydrogen-bond donors (Lipinski definition) is 1. The van der Waals surface area contributed by atoms with Gasteiger partial charge in [0.05, 0.1) is 6.04 Å². The van der Waals surface area contributed by atoms with Gasteiger partial charge in [0.1, 0.15) is 5.82 Å². The fourth-order valence-corrected chi connectivity index (χ4v) is 3.32. The number of rotatable bonds is 4. The van der Waals surface area contributed by atoms with E-state index in [0.717, 1.165) is 12.1 Å². The molecule has 1 nitrogen and oxygen atoms in total. The van der Waals surface area contributed by atoms with Crippen molar-refractivity contribution in [2.24, 2.45) is 0 Å². The lowest BCUT2D eigenvalue weighted by atomic mass is 9.96. The zero-order valence-corrected chi connectivity index (χ0v) is 15.2. The summed E-state index contributed by atoms with van der Waals surface area (Å²) >= 11 is 8.65. The third-order valence-electron chi connectivity index (χ3n) is 3.53. The Morgan fingerprint density at radius 1 is 1.19 bits per heavy atom. The van der Waals surface area contributed by atoms with Gasteiger partial charge < -0.3 is 5.32 Å². The van der Waals surface area contributed by atoms with Crippen LogP contribution in [0.15, 0.2) is 30.3 Å². The first-order valence-corrected chi connectivity index (χ1v) is 8.35. The van der Waals surface area contributed by atoms with E-state index in [4.69, 9.17) is 11.6 Å². The van der Waals surface area contributed by atoms with Crippen LogP contribution in [0.25, 0.3) is 0 Å². The van der Waals surface area contributed by atoms with Gasteiger partial charge in [-0.1, -0.05) is 36.7 Å². The standard InChI is InChI=1S/C17H18ClFIN/c1-4-21-17(12-7-5-6-10(2)16(12)20)13-8-11(3)15(19)9-14(13)18/h5-9,17,21H,4H2,1-3H3. The minimum atomic E-state index is -0.266. The van der Waals surface area contributed by atoms with E-state index >= 15 is 0 Å². The molecule has 0 aromatic heterocycles. The summed E-state index contributed by atoms with van der Waals surface area (Å²) < 4.78 is 14.9. The lowest BCUT2D eigenvalue weighted by Gasteiger charge is -2.23. The van der Waals surface area contributed by atoms with Crippen LogP contribution in [-0.2, 0) is 0 Å². The largest absolute Gasteiger partial charge is 0.306 e. The lowest BCUT2D eigenvalue weighted by molar-refractivity contribution is 0.605. The molecule has 0 bridgehead atoms. The minimum Gasteiger partial charge on any atom is -0.306 e. The summed E-state index contributed by atoms with van der Waals surface area (Å²) in [5.74, 6) is -0.266. The SMILES string of the molecule is CCNC(c1cc(C)c(F)cc1Cl)c1cccc(C)c1I. The Hall–Kier alpha value is -0.650. The predicted octanol–water partition coefficient (Wildman–Crippen LogP) is 5.40. The highest BCUT2D eigenvalue weighted by molar-refractivity contribution is 14.1. The van der Waals surface area contributed by atoms with Gasteiger partial charge in [-0.3, -0.25) is 0 Å². The van der Waals surface area contributed by atoms with Crippen LogP contribution in [0.1, 0.15) is 35.2 Å². The summed E-state index contributed by atoms with van der Waals surface area (Å²) in [7, 11) is 0. The van der Waals surface area contributed by atoms with Gasteiger partial charge >= 0.3 is 0 Å². The second-order valence-corrected chi connectivity index (χ2v) is 6.58. The monoisotopic (exact) mass is 417 g/mol. The van der Waals surface area contributed by atoms with Crippen LogP contribution in [0, 0.1) is 23.2 Å². The molecule has 0 heterocycles. The van der Waals surface area contributed by atoms with Crippen molar-refractivity contribution in [1.82, 2.24) is 5.32 Å². The second kappa shape index (κ2) is 7.07. The van der Waals surface area contributed by atoms with Crippen LogP contribution < -0.4 is 5.32 Å². The van der Waals surface area contributed by atoms with Gasteiger partial charge in [-0.05, 0) is 77.4 Å². The summed E-state index contributed by atoms with van der Waals surface area (Å²) in [4.78, 5) is 0.